The zero-order valence-corrected chi connectivity index (χ0v) is 13.6. The normalized spacial score (nSPS) is 13.3. The highest BCUT2D eigenvalue weighted by Gasteiger charge is 2.10. The summed E-state index contributed by atoms with van der Waals surface area (Å²) in [5.74, 6) is 0.808. The predicted octanol–water partition coefficient (Wildman–Crippen LogP) is 3.51. The van der Waals surface area contributed by atoms with Crippen LogP contribution >= 0.6 is 0 Å². The summed E-state index contributed by atoms with van der Waals surface area (Å²) >= 11 is 0. The molecule has 0 aliphatic rings. The van der Waals surface area contributed by atoms with Crippen molar-refractivity contribution in [3.63, 3.8) is 0 Å². The molecule has 23 heavy (non-hydrogen) atoms. The maximum Gasteiger partial charge on any atom is 0.122 e. The van der Waals surface area contributed by atoms with Gasteiger partial charge in [0.25, 0.3) is 0 Å². The number of benzene rings is 2. The fraction of sp³-hybridized carbons (Fsp3) is 0.300. The molecular weight excluding hydrogens is 286 g/mol. The van der Waals surface area contributed by atoms with Crippen LogP contribution in [0.5, 0.6) is 5.75 Å². The van der Waals surface area contributed by atoms with Crippen molar-refractivity contribution in [1.29, 1.82) is 0 Å². The summed E-state index contributed by atoms with van der Waals surface area (Å²) in [5.41, 5.74) is 2.29. The zero-order chi connectivity index (χ0) is 16.5. The Hall–Kier alpha value is -2.10. The van der Waals surface area contributed by atoms with Crippen molar-refractivity contribution in [1.82, 2.24) is 5.32 Å². The second kappa shape index (κ2) is 9.13. The second-order valence-electron chi connectivity index (χ2n) is 5.61. The molecule has 0 heterocycles. The molecule has 2 atom stereocenters. The van der Waals surface area contributed by atoms with Gasteiger partial charge in [0.15, 0.2) is 0 Å². The van der Waals surface area contributed by atoms with Gasteiger partial charge in [-0.25, -0.2) is 0 Å². The van der Waals surface area contributed by atoms with E-state index in [-0.39, 0.29) is 12.6 Å². The van der Waals surface area contributed by atoms with E-state index in [1.54, 1.807) is 0 Å². The third kappa shape index (κ3) is 5.55. The molecule has 2 aromatic carbocycles. The fourth-order valence-electron chi connectivity index (χ4n) is 2.39. The first kappa shape index (κ1) is 17.3. The number of ether oxygens (including phenoxy) is 1. The molecule has 3 nitrogen and oxygen atoms in total. The van der Waals surface area contributed by atoms with Gasteiger partial charge in [-0.05, 0) is 30.5 Å². The highest BCUT2D eigenvalue weighted by atomic mass is 16.5. The number of aliphatic hydroxyl groups is 1. The largest absolute Gasteiger partial charge is 0.491 e. The van der Waals surface area contributed by atoms with Gasteiger partial charge in [-0.3, -0.25) is 0 Å². The number of nitrogens with one attached hydrogen (secondary N) is 1. The first-order chi connectivity index (χ1) is 11.2. The molecule has 2 aromatic rings. The van der Waals surface area contributed by atoms with Crippen molar-refractivity contribution in [2.24, 2.45) is 0 Å². The smallest absolute Gasteiger partial charge is 0.122 e. The molecule has 3 heteroatoms. The molecule has 0 unspecified atom stereocenters. The molecule has 122 valence electrons. The molecule has 2 N–H and O–H groups in total. The van der Waals surface area contributed by atoms with E-state index in [4.69, 9.17) is 4.74 Å². The SMILES string of the molecule is C=CCc1ccccc1OC[C@H](O)CN[C@H](C)c1ccccc1. The van der Waals surface area contributed by atoms with Crippen molar-refractivity contribution in [3.8, 4) is 5.75 Å². The lowest BCUT2D eigenvalue weighted by Crippen LogP contribution is -2.33. The molecular formula is C20H25NO2. The summed E-state index contributed by atoms with van der Waals surface area (Å²) in [6, 6.07) is 18.2. The van der Waals surface area contributed by atoms with E-state index in [0.717, 1.165) is 17.7 Å². The van der Waals surface area contributed by atoms with E-state index in [1.807, 2.05) is 48.5 Å². The van der Waals surface area contributed by atoms with Gasteiger partial charge in [0.2, 0.25) is 0 Å². The minimum atomic E-state index is -0.557. The van der Waals surface area contributed by atoms with Crippen molar-refractivity contribution in [2.45, 2.75) is 25.5 Å². The van der Waals surface area contributed by atoms with Gasteiger partial charge in [0.05, 0.1) is 0 Å². The molecule has 0 fully saturated rings. The number of rotatable bonds is 9. The summed E-state index contributed by atoms with van der Waals surface area (Å²) in [4.78, 5) is 0. The Morgan fingerprint density at radius 3 is 2.57 bits per heavy atom. The molecule has 0 spiro atoms. The van der Waals surface area contributed by atoms with Gasteiger partial charge in [-0.1, -0.05) is 54.6 Å². The monoisotopic (exact) mass is 311 g/mol. The van der Waals surface area contributed by atoms with E-state index in [2.05, 4.69) is 31.0 Å². The van der Waals surface area contributed by atoms with Crippen molar-refractivity contribution >= 4 is 0 Å². The number of aliphatic hydroxyl groups excluding tert-OH is 1. The Morgan fingerprint density at radius 1 is 1.13 bits per heavy atom. The topological polar surface area (TPSA) is 41.5 Å². The fourth-order valence-corrected chi connectivity index (χ4v) is 2.39. The molecule has 0 aliphatic heterocycles. The molecule has 0 aromatic heterocycles. The maximum absolute atomic E-state index is 10.1. The molecule has 0 amide bonds. The van der Waals surface area contributed by atoms with Crippen LogP contribution < -0.4 is 10.1 Å². The van der Waals surface area contributed by atoms with Gasteiger partial charge in [-0.15, -0.1) is 6.58 Å². The predicted molar refractivity (Wildman–Crippen MR) is 94.7 cm³/mol. The highest BCUT2D eigenvalue weighted by molar-refractivity contribution is 5.34. The summed E-state index contributed by atoms with van der Waals surface area (Å²) in [7, 11) is 0. The van der Waals surface area contributed by atoms with Crippen molar-refractivity contribution in [2.75, 3.05) is 13.2 Å². The van der Waals surface area contributed by atoms with Crippen LogP contribution in [0.3, 0.4) is 0 Å². The number of allylic oxidation sites excluding steroid dienone is 1. The number of para-hydroxylation sites is 1. The van der Waals surface area contributed by atoms with Gasteiger partial charge in [0, 0.05) is 12.6 Å². The Kier molecular flexibility index (Phi) is 6.85. The van der Waals surface area contributed by atoms with Crippen molar-refractivity contribution in [3.05, 3.63) is 78.4 Å². The summed E-state index contributed by atoms with van der Waals surface area (Å²) < 4.78 is 5.75. The summed E-state index contributed by atoms with van der Waals surface area (Å²) in [6.07, 6.45) is 2.05. The maximum atomic E-state index is 10.1. The molecule has 0 radical (unpaired) electrons. The third-order valence-corrected chi connectivity index (χ3v) is 3.73. The standard InChI is InChI=1S/C20H25NO2/c1-3-9-18-12-7-8-13-20(18)23-15-19(22)14-21-16(2)17-10-5-4-6-11-17/h3-8,10-13,16,19,21-22H,1,9,14-15H2,2H3/t16-,19-/m1/s1. The van der Waals surface area contributed by atoms with E-state index < -0.39 is 6.10 Å². The molecule has 0 saturated heterocycles. The lowest BCUT2D eigenvalue weighted by atomic mass is 10.1. The highest BCUT2D eigenvalue weighted by Crippen LogP contribution is 2.19. The van der Waals surface area contributed by atoms with E-state index >= 15 is 0 Å². The third-order valence-electron chi connectivity index (χ3n) is 3.73. The molecule has 0 aliphatic carbocycles. The second-order valence-corrected chi connectivity index (χ2v) is 5.61. The van der Waals surface area contributed by atoms with Crippen LogP contribution in [0.1, 0.15) is 24.1 Å². The minimum Gasteiger partial charge on any atom is -0.491 e. The Balaban J connectivity index is 1.79. The quantitative estimate of drug-likeness (QED) is 0.696. The van der Waals surface area contributed by atoms with Crippen LogP contribution in [0, 0.1) is 0 Å². The molecule has 2 rings (SSSR count). The van der Waals surface area contributed by atoms with Crippen LogP contribution in [0.2, 0.25) is 0 Å². The Bertz CT molecular complexity index is 598. The Morgan fingerprint density at radius 2 is 1.83 bits per heavy atom. The first-order valence-corrected chi connectivity index (χ1v) is 7.98. The molecule has 0 bridgehead atoms. The average Bonchev–Trinajstić information content (AvgIpc) is 2.60. The average molecular weight is 311 g/mol. The van der Waals surface area contributed by atoms with E-state index in [0.29, 0.717) is 6.54 Å². The molecule has 0 saturated carbocycles. The zero-order valence-electron chi connectivity index (χ0n) is 13.6. The van der Waals surface area contributed by atoms with E-state index in [9.17, 15) is 5.11 Å². The van der Waals surface area contributed by atoms with Crippen LogP contribution in [0.25, 0.3) is 0 Å². The van der Waals surface area contributed by atoms with Crippen LogP contribution in [-0.2, 0) is 6.42 Å². The first-order valence-electron chi connectivity index (χ1n) is 7.98. The minimum absolute atomic E-state index is 0.193. The van der Waals surface area contributed by atoms with Crippen LogP contribution in [-0.4, -0.2) is 24.4 Å². The van der Waals surface area contributed by atoms with Gasteiger partial charge in [0.1, 0.15) is 18.5 Å². The van der Waals surface area contributed by atoms with Gasteiger partial charge in [-0.2, -0.15) is 0 Å². The number of hydrogen-bond acceptors (Lipinski definition) is 3. The van der Waals surface area contributed by atoms with Gasteiger partial charge < -0.3 is 15.2 Å². The van der Waals surface area contributed by atoms with Crippen molar-refractivity contribution < 1.29 is 9.84 Å². The van der Waals surface area contributed by atoms with E-state index in [1.165, 1.54) is 5.56 Å². The lowest BCUT2D eigenvalue weighted by Gasteiger charge is -2.18. The number of hydrogen-bond donors (Lipinski definition) is 2. The summed E-state index contributed by atoms with van der Waals surface area (Å²) in [5, 5.41) is 13.4. The lowest BCUT2D eigenvalue weighted by molar-refractivity contribution is 0.104. The Labute approximate surface area is 138 Å². The van der Waals surface area contributed by atoms with Crippen LogP contribution in [0.4, 0.5) is 0 Å². The summed E-state index contributed by atoms with van der Waals surface area (Å²) in [6.45, 7) is 6.59. The van der Waals surface area contributed by atoms with Gasteiger partial charge >= 0.3 is 0 Å². The van der Waals surface area contributed by atoms with Crippen LogP contribution in [0.15, 0.2) is 67.3 Å².